The minimum Gasteiger partial charge on any atom is -0.334 e. The number of nitrogens with zero attached hydrogens (tertiary/aromatic N) is 1. The Hall–Kier alpha value is -6.96. The molecule has 1 heteroatoms. The standard InChI is InChI=1S/C57H43N/c1-57(2)53-31-12-10-27-49(53)50-34-33-43(37-54(50)57)58(55-32-13-11-23-44(55)38-17-4-3-5-18-38)42-22-15-20-40(36-42)39-19-14-21-41(35-39)45-29-16-30-52-48-25-7-6-24-46(48)47-26-8-9-28-51(47)56(45)52/h3-37,44,55H,1-2H3. The number of hydrogen-bond acceptors (Lipinski definition) is 1. The molecule has 0 radical (unpaired) electrons. The predicted molar refractivity (Wildman–Crippen MR) is 247 cm³/mol. The van der Waals surface area contributed by atoms with Crippen molar-refractivity contribution in [2.24, 2.45) is 0 Å². The molecule has 0 aromatic heterocycles. The van der Waals surface area contributed by atoms with Crippen LogP contribution in [0.25, 0.3) is 65.7 Å². The molecule has 2 aliphatic carbocycles. The van der Waals surface area contributed by atoms with Crippen LogP contribution in [0.4, 0.5) is 11.4 Å². The zero-order valence-electron chi connectivity index (χ0n) is 32.8. The first kappa shape index (κ1) is 34.3. The summed E-state index contributed by atoms with van der Waals surface area (Å²) in [6.07, 6.45) is 9.17. The van der Waals surface area contributed by atoms with Crippen LogP contribution < -0.4 is 4.90 Å². The SMILES string of the molecule is CC1(C)c2ccccc2-c2ccc(N(c3cccc(-c4cccc(-c5cccc6c7ccccc7c7ccccc7c56)c4)c3)C3C=CC=CC3c3ccccc3)cc21. The van der Waals surface area contributed by atoms with E-state index in [4.69, 9.17) is 0 Å². The molecule has 0 bridgehead atoms. The van der Waals surface area contributed by atoms with Crippen LogP contribution in [-0.2, 0) is 5.41 Å². The van der Waals surface area contributed by atoms with Crippen LogP contribution in [0.1, 0.15) is 36.5 Å². The Morgan fingerprint density at radius 2 is 0.948 bits per heavy atom. The molecule has 0 heterocycles. The highest BCUT2D eigenvalue weighted by Gasteiger charge is 2.37. The molecule has 2 aliphatic rings. The number of hydrogen-bond donors (Lipinski definition) is 0. The molecule has 0 aliphatic heterocycles. The van der Waals surface area contributed by atoms with Gasteiger partial charge < -0.3 is 4.90 Å². The number of fused-ring (bicyclic) bond motifs is 9. The van der Waals surface area contributed by atoms with Gasteiger partial charge in [-0.25, -0.2) is 0 Å². The van der Waals surface area contributed by atoms with Gasteiger partial charge in [0, 0.05) is 22.7 Å². The minimum absolute atomic E-state index is 0.0673. The first-order valence-corrected chi connectivity index (χ1v) is 20.5. The van der Waals surface area contributed by atoms with Gasteiger partial charge in [-0.05, 0) is 113 Å². The van der Waals surface area contributed by atoms with Crippen molar-refractivity contribution in [3.63, 3.8) is 0 Å². The van der Waals surface area contributed by atoms with Gasteiger partial charge in [0.2, 0.25) is 0 Å². The lowest BCUT2D eigenvalue weighted by molar-refractivity contribution is 0.657. The molecule has 276 valence electrons. The lowest BCUT2D eigenvalue weighted by atomic mass is 9.82. The van der Waals surface area contributed by atoms with E-state index in [0.717, 1.165) is 0 Å². The first-order chi connectivity index (χ1) is 28.5. The van der Waals surface area contributed by atoms with Gasteiger partial charge in [-0.1, -0.05) is 196 Å². The molecule has 58 heavy (non-hydrogen) atoms. The van der Waals surface area contributed by atoms with Crippen molar-refractivity contribution in [1.82, 2.24) is 0 Å². The zero-order valence-corrected chi connectivity index (χ0v) is 32.8. The van der Waals surface area contributed by atoms with Crippen molar-refractivity contribution in [3.05, 3.63) is 229 Å². The summed E-state index contributed by atoms with van der Waals surface area (Å²) in [5, 5.41) is 7.77. The second-order valence-electron chi connectivity index (χ2n) is 16.4. The fourth-order valence-corrected chi connectivity index (χ4v) is 10.1. The Morgan fingerprint density at radius 1 is 0.397 bits per heavy atom. The highest BCUT2D eigenvalue weighted by molar-refractivity contribution is 6.28. The van der Waals surface area contributed by atoms with Crippen LogP contribution in [0.5, 0.6) is 0 Å². The van der Waals surface area contributed by atoms with Crippen LogP contribution in [-0.4, -0.2) is 6.04 Å². The van der Waals surface area contributed by atoms with Crippen molar-refractivity contribution >= 4 is 43.7 Å². The highest BCUT2D eigenvalue weighted by atomic mass is 15.2. The van der Waals surface area contributed by atoms with Crippen molar-refractivity contribution < 1.29 is 0 Å². The average molecular weight is 742 g/mol. The monoisotopic (exact) mass is 741 g/mol. The zero-order chi connectivity index (χ0) is 38.8. The molecule has 2 unspecified atom stereocenters. The quantitative estimate of drug-likeness (QED) is 0.153. The Balaban J connectivity index is 1.06. The number of allylic oxidation sites excluding steroid dienone is 2. The molecule has 0 saturated carbocycles. The second-order valence-corrected chi connectivity index (χ2v) is 16.4. The van der Waals surface area contributed by atoms with Crippen molar-refractivity contribution in [3.8, 4) is 33.4 Å². The molecular formula is C57H43N. The molecule has 11 rings (SSSR count). The number of rotatable bonds is 6. The van der Waals surface area contributed by atoms with Gasteiger partial charge in [0.15, 0.2) is 0 Å². The van der Waals surface area contributed by atoms with E-state index in [-0.39, 0.29) is 17.4 Å². The summed E-state index contributed by atoms with van der Waals surface area (Å²) < 4.78 is 0. The highest BCUT2D eigenvalue weighted by Crippen LogP contribution is 2.51. The molecule has 0 fully saturated rings. The molecule has 2 atom stereocenters. The van der Waals surface area contributed by atoms with Gasteiger partial charge in [-0.2, -0.15) is 0 Å². The van der Waals surface area contributed by atoms with Gasteiger partial charge >= 0.3 is 0 Å². The molecule has 0 amide bonds. The van der Waals surface area contributed by atoms with E-state index in [9.17, 15) is 0 Å². The van der Waals surface area contributed by atoms with Crippen molar-refractivity contribution in [2.45, 2.75) is 31.2 Å². The normalized spacial score (nSPS) is 16.4. The first-order valence-electron chi connectivity index (χ1n) is 20.5. The Morgan fingerprint density at radius 3 is 1.74 bits per heavy atom. The summed E-state index contributed by atoms with van der Waals surface area (Å²) >= 11 is 0. The van der Waals surface area contributed by atoms with E-state index < -0.39 is 0 Å². The summed E-state index contributed by atoms with van der Waals surface area (Å²) in [4.78, 5) is 2.58. The Kier molecular flexibility index (Phi) is 8.05. The van der Waals surface area contributed by atoms with Crippen molar-refractivity contribution in [1.29, 1.82) is 0 Å². The number of anilines is 2. The molecule has 0 saturated heterocycles. The van der Waals surface area contributed by atoms with E-state index in [1.54, 1.807) is 0 Å². The Bertz CT molecular complexity index is 3060. The van der Waals surface area contributed by atoms with E-state index in [1.165, 1.54) is 93.8 Å². The largest absolute Gasteiger partial charge is 0.334 e. The summed E-state index contributed by atoms with van der Waals surface area (Å²) in [6, 6.07) is 69.9. The number of benzene rings is 9. The van der Waals surface area contributed by atoms with Crippen molar-refractivity contribution in [2.75, 3.05) is 4.90 Å². The van der Waals surface area contributed by atoms with E-state index in [1.807, 2.05) is 0 Å². The molecular weight excluding hydrogens is 699 g/mol. The lowest BCUT2D eigenvalue weighted by Gasteiger charge is -2.38. The summed E-state index contributed by atoms with van der Waals surface area (Å²) in [5.41, 5.74) is 13.9. The van der Waals surface area contributed by atoms with Gasteiger partial charge in [0.1, 0.15) is 0 Å². The van der Waals surface area contributed by atoms with Crippen LogP contribution in [0.15, 0.2) is 212 Å². The molecule has 9 aromatic carbocycles. The van der Waals surface area contributed by atoms with E-state index in [0.29, 0.717) is 0 Å². The van der Waals surface area contributed by atoms with Crippen LogP contribution in [0.2, 0.25) is 0 Å². The van der Waals surface area contributed by atoms with E-state index in [2.05, 4.69) is 231 Å². The fraction of sp³-hybridized carbons (Fsp3) is 0.0877. The smallest absolute Gasteiger partial charge is 0.0628 e. The third-order valence-electron chi connectivity index (χ3n) is 12.8. The minimum atomic E-state index is -0.101. The predicted octanol–water partition coefficient (Wildman–Crippen LogP) is 15.2. The van der Waals surface area contributed by atoms with Crippen LogP contribution in [0.3, 0.4) is 0 Å². The third kappa shape index (κ3) is 5.45. The molecule has 9 aromatic rings. The Labute approximate surface area is 340 Å². The summed E-state index contributed by atoms with van der Waals surface area (Å²) in [6.45, 7) is 4.74. The molecule has 0 N–H and O–H groups in total. The third-order valence-corrected chi connectivity index (χ3v) is 12.8. The van der Waals surface area contributed by atoms with Gasteiger partial charge in [-0.3, -0.25) is 0 Å². The molecule has 1 nitrogen and oxygen atoms in total. The maximum absolute atomic E-state index is 2.58. The topological polar surface area (TPSA) is 3.24 Å². The van der Waals surface area contributed by atoms with Gasteiger partial charge in [-0.15, -0.1) is 0 Å². The maximum Gasteiger partial charge on any atom is 0.0628 e. The molecule has 0 spiro atoms. The fourth-order valence-electron chi connectivity index (χ4n) is 10.1. The lowest BCUT2D eigenvalue weighted by Crippen LogP contribution is -2.35. The summed E-state index contributed by atoms with van der Waals surface area (Å²) in [7, 11) is 0. The van der Waals surface area contributed by atoms with Crippen LogP contribution >= 0.6 is 0 Å². The van der Waals surface area contributed by atoms with E-state index >= 15 is 0 Å². The van der Waals surface area contributed by atoms with Gasteiger partial charge in [0.05, 0.1) is 6.04 Å². The summed E-state index contributed by atoms with van der Waals surface area (Å²) in [5.74, 6) is 0.175. The second kappa shape index (κ2) is 13.6. The maximum atomic E-state index is 2.58. The van der Waals surface area contributed by atoms with Crippen LogP contribution in [0, 0.1) is 0 Å². The average Bonchev–Trinajstić information content (AvgIpc) is 3.52. The van der Waals surface area contributed by atoms with Gasteiger partial charge in [0.25, 0.3) is 0 Å².